The van der Waals surface area contributed by atoms with Crippen LogP contribution in [-0.2, 0) is 4.79 Å². The molecule has 3 nitrogen and oxygen atoms in total. The molecule has 0 aliphatic rings. The first kappa shape index (κ1) is 11.4. The fourth-order valence-electron chi connectivity index (χ4n) is 1.07. The number of ketones is 1. The Kier molecular flexibility index (Phi) is 3.57. The van der Waals surface area contributed by atoms with Gasteiger partial charge in [-0.05, 0) is 31.3 Å². The Morgan fingerprint density at radius 2 is 2.20 bits per heavy atom. The molecule has 1 N–H and O–H groups in total. The molecule has 0 radical (unpaired) electrons. The smallest absolute Gasteiger partial charge is 0.266 e. The van der Waals surface area contributed by atoms with Crippen LogP contribution >= 0.6 is 12.2 Å². The molecule has 78 valence electrons. The Morgan fingerprint density at radius 1 is 1.53 bits per heavy atom. The molecule has 0 aliphatic carbocycles. The first-order valence-corrected chi connectivity index (χ1v) is 4.70. The van der Waals surface area contributed by atoms with Crippen molar-refractivity contribution < 1.29 is 9.21 Å². The molecule has 0 saturated heterocycles. The highest BCUT2D eigenvalue weighted by Crippen LogP contribution is 2.14. The Balaban J connectivity index is 3.27. The van der Waals surface area contributed by atoms with E-state index in [4.69, 9.17) is 16.6 Å². The second kappa shape index (κ2) is 4.70. The SMILES string of the molecule is C=C/C(=C\c1[nH]c(=S)oc1C=C)C(C)=O. The normalized spacial score (nSPS) is 11.1. The summed E-state index contributed by atoms with van der Waals surface area (Å²) in [5, 5.41) is 0. The molecule has 0 amide bonds. The number of hydrogen-bond donors (Lipinski definition) is 1. The molecule has 0 spiro atoms. The molecule has 0 atom stereocenters. The lowest BCUT2D eigenvalue weighted by atomic mass is 10.1. The third-order valence-corrected chi connectivity index (χ3v) is 2.00. The summed E-state index contributed by atoms with van der Waals surface area (Å²) in [6, 6.07) is 0. The lowest BCUT2D eigenvalue weighted by molar-refractivity contribution is -0.113. The molecule has 0 saturated carbocycles. The van der Waals surface area contributed by atoms with Gasteiger partial charge in [-0.25, -0.2) is 0 Å². The molecular formula is C11H11NO2S. The second-order valence-corrected chi connectivity index (χ2v) is 3.23. The standard InChI is InChI=1S/C11H11NO2S/c1-4-8(7(3)13)6-9-10(5-2)14-11(15)12-9/h4-6H,1-2H2,3H3,(H,12,15)/b8-6+. The van der Waals surface area contributed by atoms with Crippen LogP contribution in [0.3, 0.4) is 0 Å². The van der Waals surface area contributed by atoms with Crippen LogP contribution in [0.25, 0.3) is 12.2 Å². The number of nitrogens with one attached hydrogen (secondary N) is 1. The van der Waals surface area contributed by atoms with Crippen LogP contribution in [0, 0.1) is 4.84 Å². The first-order chi connectivity index (χ1) is 7.08. The topological polar surface area (TPSA) is 46.0 Å². The maximum atomic E-state index is 11.1. The lowest BCUT2D eigenvalue weighted by Crippen LogP contribution is -1.92. The summed E-state index contributed by atoms with van der Waals surface area (Å²) in [5.41, 5.74) is 1.12. The van der Waals surface area contributed by atoms with E-state index in [1.807, 2.05) is 0 Å². The zero-order chi connectivity index (χ0) is 11.4. The Labute approximate surface area is 92.8 Å². The third-order valence-electron chi connectivity index (χ3n) is 1.82. The first-order valence-electron chi connectivity index (χ1n) is 4.29. The van der Waals surface area contributed by atoms with Gasteiger partial charge < -0.3 is 9.40 Å². The summed E-state index contributed by atoms with van der Waals surface area (Å²) in [6.45, 7) is 8.61. The predicted octanol–water partition coefficient (Wildman–Crippen LogP) is 3.14. The number of aromatic amines is 1. The van der Waals surface area contributed by atoms with Gasteiger partial charge in [0.05, 0.1) is 5.69 Å². The molecule has 0 bridgehead atoms. The number of aromatic nitrogens is 1. The Hall–Kier alpha value is -1.68. The van der Waals surface area contributed by atoms with E-state index in [-0.39, 0.29) is 10.6 Å². The number of hydrogen-bond acceptors (Lipinski definition) is 3. The molecular weight excluding hydrogens is 210 g/mol. The molecule has 1 aromatic rings. The van der Waals surface area contributed by atoms with Crippen molar-refractivity contribution in [2.24, 2.45) is 0 Å². The molecule has 1 aromatic heterocycles. The van der Waals surface area contributed by atoms with E-state index >= 15 is 0 Å². The van der Waals surface area contributed by atoms with E-state index in [1.165, 1.54) is 19.1 Å². The van der Waals surface area contributed by atoms with E-state index in [0.29, 0.717) is 17.0 Å². The van der Waals surface area contributed by atoms with Gasteiger partial charge in [0.25, 0.3) is 4.84 Å². The van der Waals surface area contributed by atoms with Crippen LogP contribution in [0.1, 0.15) is 18.4 Å². The van der Waals surface area contributed by atoms with E-state index < -0.39 is 0 Å². The minimum Gasteiger partial charge on any atom is -0.429 e. The minimum absolute atomic E-state index is 0.0690. The maximum absolute atomic E-state index is 11.1. The summed E-state index contributed by atoms with van der Waals surface area (Å²) < 4.78 is 5.14. The van der Waals surface area contributed by atoms with Crippen molar-refractivity contribution in [2.45, 2.75) is 6.92 Å². The van der Waals surface area contributed by atoms with Crippen LogP contribution in [-0.4, -0.2) is 10.8 Å². The fraction of sp³-hybridized carbons (Fsp3) is 0.0909. The third kappa shape index (κ3) is 2.63. The van der Waals surface area contributed by atoms with Crippen molar-refractivity contribution in [1.29, 1.82) is 0 Å². The van der Waals surface area contributed by atoms with Gasteiger partial charge in [-0.2, -0.15) is 0 Å². The summed E-state index contributed by atoms with van der Waals surface area (Å²) in [7, 11) is 0. The van der Waals surface area contributed by atoms with Crippen LogP contribution in [0.4, 0.5) is 0 Å². The van der Waals surface area contributed by atoms with Gasteiger partial charge in [0.1, 0.15) is 0 Å². The summed E-state index contributed by atoms with van der Waals surface area (Å²) in [4.78, 5) is 14.2. The average molecular weight is 221 g/mol. The predicted molar refractivity (Wildman–Crippen MR) is 62.8 cm³/mol. The Morgan fingerprint density at radius 3 is 2.67 bits per heavy atom. The fourth-order valence-corrected chi connectivity index (χ4v) is 1.27. The van der Waals surface area contributed by atoms with Crippen molar-refractivity contribution in [3.05, 3.63) is 41.1 Å². The zero-order valence-electron chi connectivity index (χ0n) is 8.37. The van der Waals surface area contributed by atoms with Crippen molar-refractivity contribution >= 4 is 30.2 Å². The van der Waals surface area contributed by atoms with Crippen molar-refractivity contribution in [3.8, 4) is 0 Å². The summed E-state index contributed by atoms with van der Waals surface area (Å²) in [5.74, 6) is 0.445. The minimum atomic E-state index is -0.0690. The van der Waals surface area contributed by atoms with E-state index in [9.17, 15) is 4.79 Å². The van der Waals surface area contributed by atoms with Gasteiger partial charge in [-0.3, -0.25) is 4.79 Å². The number of carbonyl (C=O) groups excluding carboxylic acids is 1. The molecule has 0 aromatic carbocycles. The highest BCUT2D eigenvalue weighted by Gasteiger charge is 2.05. The van der Waals surface area contributed by atoms with Gasteiger partial charge in [-0.1, -0.05) is 19.2 Å². The lowest BCUT2D eigenvalue weighted by Gasteiger charge is -1.94. The number of rotatable bonds is 4. The number of oxazole rings is 1. The average Bonchev–Trinajstić information content (AvgIpc) is 2.54. The van der Waals surface area contributed by atoms with E-state index in [0.717, 1.165) is 0 Å². The summed E-state index contributed by atoms with van der Waals surface area (Å²) >= 11 is 4.83. The number of allylic oxidation sites excluding steroid dienone is 2. The van der Waals surface area contributed by atoms with Gasteiger partial charge in [0.15, 0.2) is 11.5 Å². The molecule has 1 heterocycles. The van der Waals surface area contributed by atoms with Gasteiger partial charge >= 0.3 is 0 Å². The van der Waals surface area contributed by atoms with Crippen LogP contribution in [0.5, 0.6) is 0 Å². The summed E-state index contributed by atoms with van der Waals surface area (Å²) in [6.07, 6.45) is 4.64. The Bertz CT molecular complexity index is 491. The molecule has 0 aliphatic heterocycles. The number of H-pyrrole nitrogens is 1. The van der Waals surface area contributed by atoms with Crippen LogP contribution < -0.4 is 0 Å². The monoisotopic (exact) mass is 221 g/mol. The van der Waals surface area contributed by atoms with E-state index in [1.54, 1.807) is 6.08 Å². The largest absolute Gasteiger partial charge is 0.429 e. The highest BCUT2D eigenvalue weighted by molar-refractivity contribution is 7.71. The number of Topliss-reactive ketones (excluding diaryl/α,β-unsaturated/α-hetero) is 1. The molecule has 0 unspecified atom stereocenters. The van der Waals surface area contributed by atoms with Gasteiger partial charge in [0.2, 0.25) is 0 Å². The molecule has 15 heavy (non-hydrogen) atoms. The maximum Gasteiger partial charge on any atom is 0.266 e. The molecule has 4 heteroatoms. The van der Waals surface area contributed by atoms with Crippen molar-refractivity contribution in [1.82, 2.24) is 4.98 Å². The van der Waals surface area contributed by atoms with Crippen molar-refractivity contribution in [3.63, 3.8) is 0 Å². The quantitative estimate of drug-likeness (QED) is 0.482. The zero-order valence-corrected chi connectivity index (χ0v) is 9.19. The number of carbonyl (C=O) groups is 1. The van der Waals surface area contributed by atoms with E-state index in [2.05, 4.69) is 18.1 Å². The van der Waals surface area contributed by atoms with Gasteiger partial charge in [-0.15, -0.1) is 0 Å². The highest BCUT2D eigenvalue weighted by atomic mass is 32.1. The second-order valence-electron chi connectivity index (χ2n) is 2.86. The molecule has 0 fully saturated rings. The van der Waals surface area contributed by atoms with Crippen LogP contribution in [0.2, 0.25) is 0 Å². The molecule has 1 rings (SSSR count). The van der Waals surface area contributed by atoms with Gasteiger partial charge in [0, 0.05) is 5.57 Å². The van der Waals surface area contributed by atoms with Crippen molar-refractivity contribution in [2.75, 3.05) is 0 Å². The van der Waals surface area contributed by atoms with Crippen LogP contribution in [0.15, 0.2) is 29.2 Å².